The number of para-hydroxylation sites is 1. The second kappa shape index (κ2) is 5.66. The monoisotopic (exact) mass is 312 g/mol. The van der Waals surface area contributed by atoms with E-state index in [1.54, 1.807) is 30.3 Å². The topological polar surface area (TPSA) is 88.3 Å². The maximum absolute atomic E-state index is 12.6. The van der Waals surface area contributed by atoms with Crippen LogP contribution in [0.3, 0.4) is 0 Å². The lowest BCUT2D eigenvalue weighted by Crippen LogP contribution is -2.28. The van der Waals surface area contributed by atoms with E-state index in [0.29, 0.717) is 5.69 Å². The van der Waals surface area contributed by atoms with Gasteiger partial charge >= 0.3 is 0 Å². The van der Waals surface area contributed by atoms with Crippen molar-refractivity contribution in [3.63, 3.8) is 0 Å². The molecule has 0 amide bonds. The summed E-state index contributed by atoms with van der Waals surface area (Å²) in [5.74, 6) is 5.34. The Hall–Kier alpha value is -1.83. The molecular formula is C12H13ClN4O2S. The highest BCUT2D eigenvalue weighted by Crippen LogP contribution is 2.30. The third-order valence-electron chi connectivity index (χ3n) is 2.77. The van der Waals surface area contributed by atoms with Gasteiger partial charge in [-0.25, -0.2) is 8.42 Å². The zero-order valence-electron chi connectivity index (χ0n) is 10.6. The molecule has 0 aliphatic rings. The molecule has 2 aromatic rings. The van der Waals surface area contributed by atoms with Crippen molar-refractivity contribution in [2.75, 3.05) is 16.8 Å². The lowest BCUT2D eigenvalue weighted by atomic mass is 10.3. The van der Waals surface area contributed by atoms with E-state index < -0.39 is 10.0 Å². The van der Waals surface area contributed by atoms with Crippen LogP contribution in [-0.2, 0) is 10.0 Å². The summed E-state index contributed by atoms with van der Waals surface area (Å²) in [5.41, 5.74) is 2.94. The molecule has 2 rings (SSSR count). The molecule has 0 aliphatic carbocycles. The van der Waals surface area contributed by atoms with Gasteiger partial charge in [-0.05, 0) is 12.1 Å². The van der Waals surface area contributed by atoms with Crippen LogP contribution < -0.4 is 15.6 Å². The number of anilines is 2. The number of pyridine rings is 1. The van der Waals surface area contributed by atoms with E-state index in [-0.39, 0.29) is 15.6 Å². The third-order valence-corrected chi connectivity index (χ3v) is 4.85. The SMILES string of the molecule is CN(c1ccccc1)S(=O)(=O)c1cncc(Cl)c1NN. The minimum atomic E-state index is -3.81. The predicted octanol–water partition coefficient (Wildman–Crippen LogP) is 1.85. The van der Waals surface area contributed by atoms with Gasteiger partial charge < -0.3 is 5.43 Å². The lowest BCUT2D eigenvalue weighted by molar-refractivity contribution is 0.594. The number of halogens is 1. The number of aromatic nitrogens is 1. The van der Waals surface area contributed by atoms with Crippen LogP contribution in [0.15, 0.2) is 47.6 Å². The van der Waals surface area contributed by atoms with Gasteiger partial charge in [-0.15, -0.1) is 0 Å². The second-order valence-electron chi connectivity index (χ2n) is 3.95. The van der Waals surface area contributed by atoms with Gasteiger partial charge in [-0.1, -0.05) is 29.8 Å². The molecule has 0 saturated carbocycles. The molecule has 0 radical (unpaired) electrons. The first kappa shape index (κ1) is 14.6. The Balaban J connectivity index is 2.54. The predicted molar refractivity (Wildman–Crippen MR) is 79.1 cm³/mol. The summed E-state index contributed by atoms with van der Waals surface area (Å²) >= 11 is 5.90. The summed E-state index contributed by atoms with van der Waals surface area (Å²) < 4.78 is 26.3. The van der Waals surface area contributed by atoms with Gasteiger partial charge in [0.2, 0.25) is 0 Å². The van der Waals surface area contributed by atoms with E-state index in [1.807, 2.05) is 0 Å². The van der Waals surface area contributed by atoms with Crippen molar-refractivity contribution in [1.29, 1.82) is 0 Å². The minimum Gasteiger partial charge on any atom is -0.321 e. The normalized spacial score (nSPS) is 11.2. The van der Waals surface area contributed by atoms with E-state index in [2.05, 4.69) is 10.4 Å². The Kier molecular flexibility index (Phi) is 4.12. The maximum atomic E-state index is 12.6. The van der Waals surface area contributed by atoms with Gasteiger partial charge in [0.25, 0.3) is 10.0 Å². The largest absolute Gasteiger partial charge is 0.321 e. The molecule has 0 spiro atoms. The molecule has 0 aliphatic heterocycles. The fraction of sp³-hybridized carbons (Fsp3) is 0.0833. The Labute approximate surface area is 122 Å². The standard InChI is InChI=1S/C12H13ClN4O2S/c1-17(9-5-3-2-4-6-9)20(18,19)11-8-15-7-10(13)12(11)16-14/h2-8H,14H2,1H3,(H,15,16). The molecule has 8 heteroatoms. The third kappa shape index (κ3) is 2.55. The van der Waals surface area contributed by atoms with Crippen molar-refractivity contribution in [2.24, 2.45) is 5.84 Å². The van der Waals surface area contributed by atoms with Crippen molar-refractivity contribution in [1.82, 2.24) is 4.98 Å². The minimum absolute atomic E-state index is 0.0844. The maximum Gasteiger partial charge on any atom is 0.267 e. The Morgan fingerprint density at radius 1 is 1.25 bits per heavy atom. The number of hydrazine groups is 1. The average Bonchev–Trinajstić information content (AvgIpc) is 2.47. The van der Waals surface area contributed by atoms with Crippen LogP contribution >= 0.6 is 11.6 Å². The van der Waals surface area contributed by atoms with Gasteiger partial charge in [-0.2, -0.15) is 0 Å². The fourth-order valence-electron chi connectivity index (χ4n) is 1.68. The summed E-state index contributed by atoms with van der Waals surface area (Å²) in [6.45, 7) is 0. The first-order valence-electron chi connectivity index (χ1n) is 5.62. The highest BCUT2D eigenvalue weighted by molar-refractivity contribution is 7.93. The van der Waals surface area contributed by atoms with Gasteiger partial charge in [-0.3, -0.25) is 15.1 Å². The fourth-order valence-corrected chi connectivity index (χ4v) is 3.26. The lowest BCUT2D eigenvalue weighted by Gasteiger charge is -2.21. The Bertz CT molecular complexity index is 707. The highest BCUT2D eigenvalue weighted by atomic mass is 35.5. The van der Waals surface area contributed by atoms with E-state index in [9.17, 15) is 8.42 Å². The van der Waals surface area contributed by atoms with Gasteiger partial charge in [0, 0.05) is 19.4 Å². The molecule has 0 bridgehead atoms. The van der Waals surface area contributed by atoms with E-state index >= 15 is 0 Å². The number of rotatable bonds is 4. The van der Waals surface area contributed by atoms with Crippen molar-refractivity contribution < 1.29 is 8.42 Å². The van der Waals surface area contributed by atoms with Crippen LogP contribution in [0, 0.1) is 0 Å². The number of nitrogens with one attached hydrogen (secondary N) is 1. The van der Waals surface area contributed by atoms with Crippen molar-refractivity contribution >= 4 is 33.0 Å². The number of sulfonamides is 1. The first-order valence-corrected chi connectivity index (χ1v) is 7.44. The summed E-state index contributed by atoms with van der Waals surface area (Å²) in [4.78, 5) is 3.72. The molecular weight excluding hydrogens is 300 g/mol. The number of nitrogens with zero attached hydrogens (tertiary/aromatic N) is 2. The van der Waals surface area contributed by atoms with Crippen LogP contribution in [-0.4, -0.2) is 20.4 Å². The summed E-state index contributed by atoms with van der Waals surface area (Å²) in [6.07, 6.45) is 2.52. The number of hydrogen-bond acceptors (Lipinski definition) is 5. The molecule has 0 atom stereocenters. The molecule has 0 saturated heterocycles. The molecule has 0 fully saturated rings. The molecule has 0 unspecified atom stereocenters. The van der Waals surface area contributed by atoms with E-state index in [4.69, 9.17) is 17.4 Å². The number of hydrogen-bond donors (Lipinski definition) is 2. The summed E-state index contributed by atoms with van der Waals surface area (Å²) in [5, 5.41) is 0.134. The van der Waals surface area contributed by atoms with Crippen molar-refractivity contribution in [3.8, 4) is 0 Å². The number of nitrogens with two attached hydrogens (primary N) is 1. The van der Waals surface area contributed by atoms with Gasteiger partial charge in [0.05, 0.1) is 16.4 Å². The van der Waals surface area contributed by atoms with Crippen LogP contribution in [0.4, 0.5) is 11.4 Å². The first-order chi connectivity index (χ1) is 9.48. The van der Waals surface area contributed by atoms with Gasteiger partial charge in [0.1, 0.15) is 4.90 Å². The quantitative estimate of drug-likeness (QED) is 0.664. The number of nitrogen functional groups attached to an aromatic ring is 1. The second-order valence-corrected chi connectivity index (χ2v) is 6.29. The smallest absolute Gasteiger partial charge is 0.267 e. The van der Waals surface area contributed by atoms with Crippen molar-refractivity contribution in [2.45, 2.75) is 4.90 Å². The highest BCUT2D eigenvalue weighted by Gasteiger charge is 2.26. The molecule has 106 valence electrons. The zero-order chi connectivity index (χ0) is 14.8. The molecule has 20 heavy (non-hydrogen) atoms. The molecule has 1 aromatic carbocycles. The van der Waals surface area contributed by atoms with Crippen molar-refractivity contribution in [3.05, 3.63) is 47.7 Å². The zero-order valence-corrected chi connectivity index (χ0v) is 12.2. The van der Waals surface area contributed by atoms with Crippen LogP contribution in [0.2, 0.25) is 5.02 Å². The summed E-state index contributed by atoms with van der Waals surface area (Å²) in [6, 6.07) is 8.67. The van der Waals surface area contributed by atoms with Crippen LogP contribution in [0.1, 0.15) is 0 Å². The molecule has 3 N–H and O–H groups in total. The molecule has 6 nitrogen and oxygen atoms in total. The number of benzene rings is 1. The van der Waals surface area contributed by atoms with Gasteiger partial charge in [0.15, 0.2) is 0 Å². The van der Waals surface area contributed by atoms with Crippen LogP contribution in [0.5, 0.6) is 0 Å². The van der Waals surface area contributed by atoms with E-state index in [0.717, 1.165) is 4.31 Å². The average molecular weight is 313 g/mol. The summed E-state index contributed by atoms with van der Waals surface area (Å²) in [7, 11) is -2.36. The Morgan fingerprint density at radius 2 is 1.90 bits per heavy atom. The van der Waals surface area contributed by atoms with E-state index in [1.165, 1.54) is 19.4 Å². The Morgan fingerprint density at radius 3 is 2.50 bits per heavy atom. The molecule has 1 aromatic heterocycles. The molecule has 1 heterocycles. The van der Waals surface area contributed by atoms with Crippen LogP contribution in [0.25, 0.3) is 0 Å².